The van der Waals surface area contributed by atoms with Gasteiger partial charge in [-0.2, -0.15) is 0 Å². The van der Waals surface area contributed by atoms with Crippen LogP contribution in [0, 0.1) is 11.6 Å². The number of para-hydroxylation sites is 1. The van der Waals surface area contributed by atoms with Crippen molar-refractivity contribution in [1.82, 2.24) is 0 Å². The van der Waals surface area contributed by atoms with Gasteiger partial charge in [0.2, 0.25) is 0 Å². The number of hydrogen-bond donors (Lipinski definition) is 2. The molecule has 3 N–H and O–H groups in total. The van der Waals surface area contributed by atoms with Gasteiger partial charge >= 0.3 is 0 Å². The van der Waals surface area contributed by atoms with E-state index in [0.29, 0.717) is 5.69 Å². The van der Waals surface area contributed by atoms with Gasteiger partial charge in [-0.15, -0.1) is 0 Å². The molecule has 0 aliphatic carbocycles. The molecule has 0 spiro atoms. The maximum Gasteiger partial charge on any atom is 0.151 e. The molecular weight excluding hydrogens is 258 g/mol. The van der Waals surface area contributed by atoms with Crippen molar-refractivity contribution >= 4 is 17.1 Å². The summed E-state index contributed by atoms with van der Waals surface area (Å²) in [6, 6.07) is 9.67. The highest BCUT2D eigenvalue weighted by molar-refractivity contribution is 5.67. The lowest BCUT2D eigenvalue weighted by Gasteiger charge is -2.23. The summed E-state index contributed by atoms with van der Waals surface area (Å²) in [5, 5.41) is 2.84. The molecule has 0 aliphatic rings. The van der Waals surface area contributed by atoms with Crippen molar-refractivity contribution in [3.63, 3.8) is 0 Å². The Bertz CT molecular complexity index is 608. The summed E-state index contributed by atoms with van der Waals surface area (Å²) in [7, 11) is 0. The van der Waals surface area contributed by atoms with E-state index >= 15 is 0 Å². The second kappa shape index (κ2) is 5.12. The molecular formula is C16H18F2N2. The monoisotopic (exact) mass is 276 g/mol. The number of rotatable bonds is 2. The summed E-state index contributed by atoms with van der Waals surface area (Å²) in [4.78, 5) is 0. The zero-order valence-electron chi connectivity index (χ0n) is 11.8. The van der Waals surface area contributed by atoms with Gasteiger partial charge in [-0.25, -0.2) is 8.78 Å². The highest BCUT2D eigenvalue weighted by Gasteiger charge is 2.19. The van der Waals surface area contributed by atoms with Crippen molar-refractivity contribution in [3.8, 4) is 0 Å². The van der Waals surface area contributed by atoms with Crippen LogP contribution in [0.1, 0.15) is 26.3 Å². The first kappa shape index (κ1) is 14.3. The quantitative estimate of drug-likeness (QED) is 0.787. The molecule has 2 nitrogen and oxygen atoms in total. The van der Waals surface area contributed by atoms with Crippen molar-refractivity contribution in [3.05, 3.63) is 53.6 Å². The van der Waals surface area contributed by atoms with Crippen molar-refractivity contribution in [1.29, 1.82) is 0 Å². The van der Waals surface area contributed by atoms with Crippen LogP contribution >= 0.6 is 0 Å². The van der Waals surface area contributed by atoms with Gasteiger partial charge in [0.1, 0.15) is 5.69 Å². The molecule has 0 amide bonds. The third-order valence-electron chi connectivity index (χ3n) is 3.06. The van der Waals surface area contributed by atoms with Crippen LogP contribution in [0.5, 0.6) is 0 Å². The summed E-state index contributed by atoms with van der Waals surface area (Å²) >= 11 is 0. The summed E-state index contributed by atoms with van der Waals surface area (Å²) in [6.07, 6.45) is 0. The number of benzene rings is 2. The lowest BCUT2D eigenvalue weighted by atomic mass is 9.86. The minimum atomic E-state index is -0.703. The van der Waals surface area contributed by atoms with Gasteiger partial charge in [0.05, 0.1) is 0 Å². The Labute approximate surface area is 117 Å². The number of anilines is 3. The minimum absolute atomic E-state index is 0.0645. The number of halogens is 2. The van der Waals surface area contributed by atoms with E-state index in [1.165, 1.54) is 0 Å². The van der Waals surface area contributed by atoms with E-state index in [2.05, 4.69) is 5.32 Å². The maximum atomic E-state index is 13.8. The Morgan fingerprint density at radius 1 is 1.00 bits per heavy atom. The summed E-state index contributed by atoms with van der Waals surface area (Å²) in [5.41, 5.74) is 6.82. The molecule has 0 saturated carbocycles. The van der Waals surface area contributed by atoms with Crippen LogP contribution in [0.4, 0.5) is 25.8 Å². The standard InChI is InChI=1S/C16H18F2N2/c1-16(2,3)11-6-4-5-7-14(11)20-15-12(17)8-10(19)9-13(15)18/h4-9,20H,19H2,1-3H3. The van der Waals surface area contributed by atoms with Crippen molar-refractivity contribution < 1.29 is 8.78 Å². The maximum absolute atomic E-state index is 13.8. The Hall–Kier alpha value is -2.10. The second-order valence-electron chi connectivity index (χ2n) is 5.78. The van der Waals surface area contributed by atoms with Crippen molar-refractivity contribution in [2.75, 3.05) is 11.1 Å². The Balaban J connectivity index is 2.46. The first-order valence-electron chi connectivity index (χ1n) is 6.40. The van der Waals surface area contributed by atoms with E-state index in [1.54, 1.807) is 6.07 Å². The first-order valence-corrected chi connectivity index (χ1v) is 6.40. The van der Waals surface area contributed by atoms with Gasteiger partial charge in [-0.1, -0.05) is 39.0 Å². The summed E-state index contributed by atoms with van der Waals surface area (Å²) < 4.78 is 27.7. The van der Waals surface area contributed by atoms with Crippen LogP contribution in [0.25, 0.3) is 0 Å². The predicted molar refractivity (Wildman–Crippen MR) is 79.2 cm³/mol. The molecule has 2 aromatic carbocycles. The molecule has 2 aromatic rings. The van der Waals surface area contributed by atoms with E-state index in [1.807, 2.05) is 39.0 Å². The topological polar surface area (TPSA) is 38.0 Å². The molecule has 0 bridgehead atoms. The van der Waals surface area contributed by atoms with Gasteiger partial charge in [0.15, 0.2) is 11.6 Å². The van der Waals surface area contributed by atoms with E-state index < -0.39 is 11.6 Å². The summed E-state index contributed by atoms with van der Waals surface area (Å²) in [6.45, 7) is 6.13. The molecule has 0 aromatic heterocycles. The third kappa shape index (κ3) is 2.90. The Kier molecular flexibility index (Phi) is 3.66. The molecule has 0 unspecified atom stereocenters. The fraction of sp³-hybridized carbons (Fsp3) is 0.250. The minimum Gasteiger partial charge on any atom is -0.399 e. The highest BCUT2D eigenvalue weighted by atomic mass is 19.1. The highest BCUT2D eigenvalue weighted by Crippen LogP contribution is 2.33. The van der Waals surface area contributed by atoms with Gasteiger partial charge in [0, 0.05) is 11.4 Å². The molecule has 2 rings (SSSR count). The number of nitrogen functional groups attached to an aromatic ring is 1. The molecule has 0 saturated heterocycles. The lowest BCUT2D eigenvalue weighted by Crippen LogP contribution is -2.14. The normalized spacial score (nSPS) is 11.4. The van der Waals surface area contributed by atoms with Crippen LogP contribution < -0.4 is 11.1 Å². The first-order chi connectivity index (χ1) is 9.29. The molecule has 20 heavy (non-hydrogen) atoms. The average molecular weight is 276 g/mol. The van der Waals surface area contributed by atoms with Crippen LogP contribution in [0.2, 0.25) is 0 Å². The fourth-order valence-electron chi connectivity index (χ4n) is 2.09. The van der Waals surface area contributed by atoms with Gasteiger partial charge in [0.25, 0.3) is 0 Å². The molecule has 0 heterocycles. The number of nitrogens with two attached hydrogens (primary N) is 1. The van der Waals surface area contributed by atoms with E-state index in [0.717, 1.165) is 17.7 Å². The van der Waals surface area contributed by atoms with Gasteiger partial charge in [-0.3, -0.25) is 0 Å². The van der Waals surface area contributed by atoms with Crippen LogP contribution in [0.15, 0.2) is 36.4 Å². The lowest BCUT2D eigenvalue weighted by molar-refractivity contribution is 0.585. The van der Waals surface area contributed by atoms with Crippen molar-refractivity contribution in [2.24, 2.45) is 0 Å². The van der Waals surface area contributed by atoms with Crippen LogP contribution in [-0.4, -0.2) is 0 Å². The molecule has 0 fully saturated rings. The van der Waals surface area contributed by atoms with Crippen molar-refractivity contribution in [2.45, 2.75) is 26.2 Å². The van der Waals surface area contributed by atoms with E-state index in [-0.39, 0.29) is 16.8 Å². The Morgan fingerprint density at radius 2 is 1.55 bits per heavy atom. The molecule has 106 valence electrons. The van der Waals surface area contributed by atoms with Gasteiger partial charge < -0.3 is 11.1 Å². The molecule has 4 heteroatoms. The van der Waals surface area contributed by atoms with Crippen LogP contribution in [-0.2, 0) is 5.41 Å². The van der Waals surface area contributed by atoms with Crippen LogP contribution in [0.3, 0.4) is 0 Å². The van der Waals surface area contributed by atoms with E-state index in [9.17, 15) is 8.78 Å². The molecule has 0 atom stereocenters. The van der Waals surface area contributed by atoms with E-state index in [4.69, 9.17) is 5.73 Å². The number of hydrogen-bond acceptors (Lipinski definition) is 2. The molecule has 0 radical (unpaired) electrons. The third-order valence-corrected chi connectivity index (χ3v) is 3.06. The zero-order chi connectivity index (χ0) is 14.9. The Morgan fingerprint density at radius 3 is 2.10 bits per heavy atom. The SMILES string of the molecule is CC(C)(C)c1ccccc1Nc1c(F)cc(N)cc1F. The zero-order valence-corrected chi connectivity index (χ0v) is 11.8. The summed E-state index contributed by atoms with van der Waals surface area (Å²) in [5.74, 6) is -1.41. The largest absolute Gasteiger partial charge is 0.399 e. The average Bonchev–Trinajstić information content (AvgIpc) is 2.33. The predicted octanol–water partition coefficient (Wildman–Crippen LogP) is 4.59. The molecule has 0 aliphatic heterocycles. The number of nitrogens with one attached hydrogen (secondary N) is 1. The smallest absolute Gasteiger partial charge is 0.151 e. The second-order valence-corrected chi connectivity index (χ2v) is 5.78. The fourth-order valence-corrected chi connectivity index (χ4v) is 2.09. The van der Waals surface area contributed by atoms with Gasteiger partial charge in [-0.05, 0) is 29.2 Å².